The average molecular weight is 501 g/mol. The Morgan fingerprint density at radius 1 is 0.871 bits per heavy atom. The van der Waals surface area contributed by atoms with Crippen molar-refractivity contribution in [2.24, 2.45) is 0 Å². The molecule has 0 saturated heterocycles. The molecule has 0 aliphatic heterocycles. The minimum Gasteiger partial charge on any atom is -0.322 e. The molecule has 12 heteroatoms. The maximum Gasteiger partial charge on any atom is 0.291 e. The van der Waals surface area contributed by atoms with E-state index in [2.05, 4.69) is 10.0 Å². The van der Waals surface area contributed by atoms with Crippen molar-refractivity contribution < 1.29 is 18.1 Å². The SMILES string of the molecule is O=C(Nc1ccc(Cl)cc1)c1cc(S(=O)(=O)Nc2ccc(Cl)cc2)c([N+](=O)[O-])cc1Cl. The lowest BCUT2D eigenvalue weighted by Crippen LogP contribution is -2.18. The highest BCUT2D eigenvalue weighted by molar-refractivity contribution is 7.92. The highest BCUT2D eigenvalue weighted by Gasteiger charge is 2.29. The summed E-state index contributed by atoms with van der Waals surface area (Å²) in [7, 11) is -4.44. The van der Waals surface area contributed by atoms with Crippen molar-refractivity contribution in [3.63, 3.8) is 0 Å². The predicted octanol–water partition coefficient (Wildman–Crippen LogP) is 5.61. The molecule has 8 nitrogen and oxygen atoms in total. The Bertz CT molecular complexity index is 1260. The van der Waals surface area contributed by atoms with E-state index in [1.165, 1.54) is 36.4 Å². The number of hydrogen-bond donors (Lipinski definition) is 2. The number of hydrogen-bond acceptors (Lipinski definition) is 5. The predicted molar refractivity (Wildman–Crippen MR) is 120 cm³/mol. The third-order valence-electron chi connectivity index (χ3n) is 3.98. The van der Waals surface area contributed by atoms with Gasteiger partial charge in [-0.3, -0.25) is 19.6 Å². The Labute approximate surface area is 191 Å². The second-order valence-corrected chi connectivity index (χ2v) is 9.06. The summed E-state index contributed by atoms with van der Waals surface area (Å²) in [6.45, 7) is 0. The quantitative estimate of drug-likeness (QED) is 0.337. The molecule has 0 aliphatic carbocycles. The van der Waals surface area contributed by atoms with Crippen LogP contribution in [0.2, 0.25) is 15.1 Å². The number of nitro benzene ring substituents is 1. The Kier molecular flexibility index (Phi) is 6.71. The van der Waals surface area contributed by atoms with Crippen LogP contribution in [-0.4, -0.2) is 19.2 Å². The van der Waals surface area contributed by atoms with Gasteiger partial charge < -0.3 is 5.32 Å². The number of carbonyl (C=O) groups is 1. The minimum atomic E-state index is -4.44. The number of halogens is 3. The van der Waals surface area contributed by atoms with E-state index in [-0.39, 0.29) is 16.3 Å². The van der Waals surface area contributed by atoms with Gasteiger partial charge >= 0.3 is 0 Å². The van der Waals surface area contributed by atoms with Gasteiger partial charge in [-0.25, -0.2) is 8.42 Å². The highest BCUT2D eigenvalue weighted by Crippen LogP contribution is 2.32. The summed E-state index contributed by atoms with van der Waals surface area (Å²) in [5.74, 6) is -0.759. The van der Waals surface area contributed by atoms with Crippen LogP contribution in [0.25, 0.3) is 0 Å². The van der Waals surface area contributed by atoms with Gasteiger partial charge in [0.05, 0.1) is 15.5 Å². The van der Waals surface area contributed by atoms with Gasteiger partial charge in [-0.05, 0) is 54.6 Å². The van der Waals surface area contributed by atoms with Gasteiger partial charge in [0.2, 0.25) is 0 Å². The second kappa shape index (κ2) is 9.11. The van der Waals surface area contributed by atoms with Crippen LogP contribution >= 0.6 is 34.8 Å². The van der Waals surface area contributed by atoms with Gasteiger partial charge in [0.1, 0.15) is 0 Å². The molecule has 31 heavy (non-hydrogen) atoms. The van der Waals surface area contributed by atoms with Gasteiger partial charge in [0.15, 0.2) is 4.90 Å². The van der Waals surface area contributed by atoms with E-state index >= 15 is 0 Å². The van der Waals surface area contributed by atoms with Gasteiger partial charge in [-0.1, -0.05) is 34.8 Å². The van der Waals surface area contributed by atoms with E-state index < -0.39 is 31.4 Å². The van der Waals surface area contributed by atoms with Crippen LogP contribution in [0.5, 0.6) is 0 Å². The molecule has 3 aromatic rings. The van der Waals surface area contributed by atoms with Crippen molar-refractivity contribution in [2.75, 3.05) is 10.0 Å². The Balaban J connectivity index is 2.02. The van der Waals surface area contributed by atoms with Crippen LogP contribution in [0.4, 0.5) is 17.1 Å². The Hall–Kier alpha value is -2.85. The van der Waals surface area contributed by atoms with Crippen molar-refractivity contribution >= 4 is 67.8 Å². The van der Waals surface area contributed by atoms with Crippen LogP contribution in [-0.2, 0) is 10.0 Å². The molecule has 0 radical (unpaired) electrons. The molecule has 1 amide bonds. The fourth-order valence-corrected chi connectivity index (χ4v) is 4.27. The molecular weight excluding hydrogens is 489 g/mol. The van der Waals surface area contributed by atoms with Crippen LogP contribution < -0.4 is 10.0 Å². The number of amides is 1. The molecule has 0 saturated carbocycles. The molecule has 0 fully saturated rings. The smallest absolute Gasteiger partial charge is 0.291 e. The highest BCUT2D eigenvalue weighted by atomic mass is 35.5. The van der Waals surface area contributed by atoms with E-state index in [0.717, 1.165) is 12.1 Å². The topological polar surface area (TPSA) is 118 Å². The van der Waals surface area contributed by atoms with Crippen LogP contribution in [0.15, 0.2) is 65.6 Å². The Morgan fingerprint density at radius 3 is 1.90 bits per heavy atom. The molecule has 0 bridgehead atoms. The zero-order valence-electron chi connectivity index (χ0n) is 15.3. The van der Waals surface area contributed by atoms with Crippen molar-refractivity contribution in [2.45, 2.75) is 4.90 Å². The third kappa shape index (κ3) is 5.45. The lowest BCUT2D eigenvalue weighted by molar-refractivity contribution is -0.387. The molecule has 0 spiro atoms. The molecule has 0 heterocycles. The number of carbonyl (C=O) groups excluding carboxylic acids is 1. The summed E-state index contributed by atoms with van der Waals surface area (Å²) in [6.07, 6.45) is 0. The van der Waals surface area contributed by atoms with Crippen molar-refractivity contribution in [3.05, 3.63) is 91.4 Å². The molecule has 160 valence electrons. The number of anilines is 2. The van der Waals surface area contributed by atoms with E-state index in [9.17, 15) is 23.3 Å². The maximum absolute atomic E-state index is 12.9. The zero-order valence-corrected chi connectivity index (χ0v) is 18.4. The normalized spacial score (nSPS) is 11.1. The number of nitrogens with zero attached hydrogens (tertiary/aromatic N) is 1. The molecule has 3 rings (SSSR count). The molecule has 0 aliphatic rings. The average Bonchev–Trinajstić information content (AvgIpc) is 2.70. The first-order chi connectivity index (χ1) is 14.6. The number of rotatable bonds is 6. The van der Waals surface area contributed by atoms with Crippen LogP contribution in [0.1, 0.15) is 10.4 Å². The summed E-state index contributed by atoms with van der Waals surface area (Å²) in [5, 5.41) is 14.5. The Morgan fingerprint density at radius 2 is 1.39 bits per heavy atom. The maximum atomic E-state index is 12.9. The lowest BCUT2D eigenvalue weighted by Gasteiger charge is -2.12. The number of nitro groups is 1. The van der Waals surface area contributed by atoms with E-state index in [4.69, 9.17) is 34.8 Å². The molecule has 0 aromatic heterocycles. The molecule has 2 N–H and O–H groups in total. The second-order valence-electron chi connectivity index (χ2n) is 6.13. The number of sulfonamides is 1. The van der Waals surface area contributed by atoms with Crippen LogP contribution in [0.3, 0.4) is 0 Å². The number of nitrogens with one attached hydrogen (secondary N) is 2. The van der Waals surface area contributed by atoms with Crippen molar-refractivity contribution in [3.8, 4) is 0 Å². The zero-order chi connectivity index (χ0) is 22.8. The van der Waals surface area contributed by atoms with Gasteiger partial charge in [0, 0.05) is 27.5 Å². The van der Waals surface area contributed by atoms with E-state index in [1.807, 2.05) is 0 Å². The fraction of sp³-hybridized carbons (Fsp3) is 0. The monoisotopic (exact) mass is 499 g/mol. The van der Waals surface area contributed by atoms with Crippen molar-refractivity contribution in [1.29, 1.82) is 0 Å². The third-order valence-corrected chi connectivity index (χ3v) is 6.21. The first-order valence-corrected chi connectivity index (χ1v) is 11.0. The molecule has 3 aromatic carbocycles. The standard InChI is InChI=1S/C19H12Cl3N3O5S/c20-11-1-5-13(6-2-11)23-19(26)15-9-18(17(25(27)28)10-16(15)22)31(29,30)24-14-7-3-12(21)4-8-14/h1-10,24H,(H,23,26). The largest absolute Gasteiger partial charge is 0.322 e. The number of benzene rings is 3. The van der Waals surface area contributed by atoms with E-state index in [1.54, 1.807) is 12.1 Å². The summed E-state index contributed by atoms with van der Waals surface area (Å²) in [4.78, 5) is 22.5. The fourth-order valence-electron chi connectivity index (χ4n) is 2.53. The molecular formula is C19H12Cl3N3O5S. The summed E-state index contributed by atoms with van der Waals surface area (Å²) < 4.78 is 27.9. The molecule has 0 unspecified atom stereocenters. The summed E-state index contributed by atoms with van der Waals surface area (Å²) in [6, 6.07) is 13.5. The summed E-state index contributed by atoms with van der Waals surface area (Å²) >= 11 is 17.6. The van der Waals surface area contributed by atoms with Gasteiger partial charge in [-0.15, -0.1) is 0 Å². The summed E-state index contributed by atoms with van der Waals surface area (Å²) in [5.41, 5.74) is -0.554. The van der Waals surface area contributed by atoms with Gasteiger partial charge in [-0.2, -0.15) is 0 Å². The van der Waals surface area contributed by atoms with Crippen molar-refractivity contribution in [1.82, 2.24) is 0 Å². The lowest BCUT2D eigenvalue weighted by atomic mass is 10.2. The first kappa shape index (κ1) is 22.8. The minimum absolute atomic E-state index is 0.126. The van der Waals surface area contributed by atoms with Gasteiger partial charge in [0.25, 0.3) is 21.6 Å². The van der Waals surface area contributed by atoms with Crippen LogP contribution in [0, 0.1) is 10.1 Å². The molecule has 0 atom stereocenters. The first-order valence-electron chi connectivity index (χ1n) is 8.40. The van der Waals surface area contributed by atoms with E-state index in [0.29, 0.717) is 15.7 Å².